The van der Waals surface area contributed by atoms with Crippen molar-refractivity contribution in [3.05, 3.63) is 90.8 Å². The molecule has 4 rings (SSSR count). The van der Waals surface area contributed by atoms with Crippen molar-refractivity contribution in [1.82, 2.24) is 20.2 Å². The lowest BCUT2D eigenvalue weighted by Crippen LogP contribution is -2.36. The van der Waals surface area contributed by atoms with Gasteiger partial charge in [0.1, 0.15) is 6.33 Å². The molecule has 0 aliphatic carbocycles. The summed E-state index contributed by atoms with van der Waals surface area (Å²) < 4.78 is 2.00. The third-order valence-corrected chi connectivity index (χ3v) is 4.82. The number of para-hydroxylation sites is 2. The summed E-state index contributed by atoms with van der Waals surface area (Å²) in [6.07, 6.45) is 1.97. The number of hydrogen-bond donors (Lipinski definition) is 3. The van der Waals surface area contributed by atoms with Crippen molar-refractivity contribution in [2.45, 2.75) is 13.0 Å². The number of fused-ring (bicyclic) bond motifs is 1. The molecule has 0 saturated carbocycles. The Hall–Kier alpha value is -4.13. The van der Waals surface area contributed by atoms with Gasteiger partial charge in [0.2, 0.25) is 5.91 Å². The van der Waals surface area contributed by atoms with Gasteiger partial charge in [0.15, 0.2) is 0 Å². The van der Waals surface area contributed by atoms with Crippen LogP contribution in [-0.2, 0) is 11.3 Å². The van der Waals surface area contributed by atoms with Gasteiger partial charge >= 0.3 is 6.03 Å². The maximum absolute atomic E-state index is 12.2. The summed E-state index contributed by atoms with van der Waals surface area (Å²) in [5.41, 5.74) is 4.63. The lowest BCUT2D eigenvalue weighted by Gasteiger charge is -2.09. The van der Waals surface area contributed by atoms with E-state index in [2.05, 4.69) is 20.9 Å². The van der Waals surface area contributed by atoms with Crippen LogP contribution >= 0.6 is 0 Å². The molecular weight excluding hydrogens is 390 g/mol. The van der Waals surface area contributed by atoms with Gasteiger partial charge in [-0.1, -0.05) is 42.5 Å². The molecule has 1 aromatic heterocycles. The van der Waals surface area contributed by atoms with E-state index in [1.54, 1.807) is 6.33 Å². The first-order valence-corrected chi connectivity index (χ1v) is 10.1. The van der Waals surface area contributed by atoms with Crippen molar-refractivity contribution in [2.24, 2.45) is 0 Å². The molecule has 7 heteroatoms. The van der Waals surface area contributed by atoms with Gasteiger partial charge in [0.25, 0.3) is 0 Å². The number of carbonyl (C=O) groups excluding carboxylic acids is 2. The van der Waals surface area contributed by atoms with Crippen LogP contribution in [0.2, 0.25) is 0 Å². The molecule has 0 saturated heterocycles. The van der Waals surface area contributed by atoms with Crippen LogP contribution in [0, 0.1) is 0 Å². The van der Waals surface area contributed by atoms with Gasteiger partial charge in [0, 0.05) is 30.9 Å². The normalized spacial score (nSPS) is 10.6. The highest BCUT2D eigenvalue weighted by Gasteiger charge is 2.07. The van der Waals surface area contributed by atoms with E-state index < -0.39 is 0 Å². The van der Waals surface area contributed by atoms with Crippen molar-refractivity contribution >= 4 is 28.7 Å². The Morgan fingerprint density at radius 3 is 2.39 bits per heavy atom. The lowest BCUT2D eigenvalue weighted by atomic mass is 10.2. The number of nitrogens with one attached hydrogen (secondary N) is 3. The monoisotopic (exact) mass is 413 g/mol. The highest BCUT2D eigenvalue weighted by molar-refractivity contribution is 5.91. The summed E-state index contributed by atoms with van der Waals surface area (Å²) in [7, 11) is 0. The van der Waals surface area contributed by atoms with E-state index in [0.717, 1.165) is 22.3 Å². The van der Waals surface area contributed by atoms with Crippen LogP contribution in [-0.4, -0.2) is 28.0 Å². The van der Waals surface area contributed by atoms with Crippen molar-refractivity contribution in [2.75, 3.05) is 11.9 Å². The second kappa shape index (κ2) is 9.58. The third kappa shape index (κ3) is 5.27. The fraction of sp³-hybridized carbons (Fsp3) is 0.125. The number of rotatable bonds is 7. The molecular formula is C24H23N5O2. The molecule has 0 atom stereocenters. The number of urea groups is 1. The molecule has 0 unspecified atom stereocenters. The number of carbonyl (C=O) groups is 2. The van der Waals surface area contributed by atoms with Crippen LogP contribution < -0.4 is 16.0 Å². The van der Waals surface area contributed by atoms with Gasteiger partial charge in [-0.25, -0.2) is 9.78 Å². The molecule has 0 radical (unpaired) electrons. The minimum absolute atomic E-state index is 0.163. The number of benzene rings is 3. The first-order valence-electron chi connectivity index (χ1n) is 10.1. The Morgan fingerprint density at radius 2 is 1.58 bits per heavy atom. The van der Waals surface area contributed by atoms with E-state index in [1.165, 1.54) is 0 Å². The van der Waals surface area contributed by atoms with Crippen molar-refractivity contribution in [3.63, 3.8) is 0 Å². The molecule has 0 spiro atoms. The molecule has 3 aromatic carbocycles. The van der Waals surface area contributed by atoms with Crippen molar-refractivity contribution in [1.29, 1.82) is 0 Å². The summed E-state index contributed by atoms with van der Waals surface area (Å²) in [6.45, 7) is 0.697. The zero-order valence-corrected chi connectivity index (χ0v) is 16.9. The lowest BCUT2D eigenvalue weighted by molar-refractivity contribution is -0.116. The topological polar surface area (TPSA) is 88.0 Å². The fourth-order valence-corrected chi connectivity index (χ4v) is 3.22. The molecule has 3 N–H and O–H groups in total. The Balaban J connectivity index is 1.23. The average Bonchev–Trinajstić information content (AvgIpc) is 3.23. The minimum atomic E-state index is -0.298. The van der Waals surface area contributed by atoms with E-state index >= 15 is 0 Å². The quantitative estimate of drug-likeness (QED) is 0.430. The Kier molecular flexibility index (Phi) is 6.23. The molecule has 0 aliphatic rings. The predicted octanol–water partition coefficient (Wildman–Crippen LogP) is 3.85. The van der Waals surface area contributed by atoms with Gasteiger partial charge in [-0.05, 0) is 42.0 Å². The smallest absolute Gasteiger partial charge is 0.315 e. The molecule has 3 amide bonds. The van der Waals surface area contributed by atoms with Crippen LogP contribution in [0.15, 0.2) is 85.2 Å². The fourth-order valence-electron chi connectivity index (χ4n) is 3.22. The van der Waals surface area contributed by atoms with E-state index in [0.29, 0.717) is 12.2 Å². The maximum Gasteiger partial charge on any atom is 0.315 e. The third-order valence-electron chi connectivity index (χ3n) is 4.82. The van der Waals surface area contributed by atoms with Crippen LogP contribution in [0.1, 0.15) is 12.0 Å². The van der Waals surface area contributed by atoms with Crippen LogP contribution in [0.5, 0.6) is 0 Å². The van der Waals surface area contributed by atoms with Crippen molar-refractivity contribution in [3.8, 4) is 5.69 Å². The predicted molar refractivity (Wildman–Crippen MR) is 121 cm³/mol. The van der Waals surface area contributed by atoms with Crippen LogP contribution in [0.4, 0.5) is 10.5 Å². The molecule has 0 aliphatic heterocycles. The second-order valence-electron chi connectivity index (χ2n) is 7.04. The Labute approximate surface area is 180 Å². The number of imidazole rings is 1. The molecule has 31 heavy (non-hydrogen) atoms. The molecule has 4 aromatic rings. The van der Waals surface area contributed by atoms with Crippen molar-refractivity contribution < 1.29 is 9.59 Å². The van der Waals surface area contributed by atoms with Crippen LogP contribution in [0.25, 0.3) is 16.7 Å². The Bertz CT molecular complexity index is 1170. The minimum Gasteiger partial charge on any atom is -0.338 e. The standard InChI is InChI=1S/C24H23N5O2/c30-23(14-15-25-24(31)26-16-18-6-2-1-3-7-18)28-19-10-12-20(13-11-19)29-17-27-21-8-4-5-9-22(21)29/h1-13,17H,14-16H2,(H,28,30)(H2,25,26,31). The second-order valence-corrected chi connectivity index (χ2v) is 7.04. The van der Waals surface area contributed by atoms with E-state index in [-0.39, 0.29) is 24.9 Å². The number of anilines is 1. The zero-order chi connectivity index (χ0) is 21.5. The summed E-state index contributed by atoms with van der Waals surface area (Å²) in [4.78, 5) is 28.4. The Morgan fingerprint density at radius 1 is 0.839 bits per heavy atom. The zero-order valence-electron chi connectivity index (χ0n) is 16.9. The highest BCUT2D eigenvalue weighted by Crippen LogP contribution is 2.19. The molecule has 1 heterocycles. The average molecular weight is 413 g/mol. The van der Waals surface area contributed by atoms with E-state index in [9.17, 15) is 9.59 Å². The van der Waals surface area contributed by atoms with E-state index in [1.807, 2.05) is 83.4 Å². The van der Waals surface area contributed by atoms with E-state index in [4.69, 9.17) is 0 Å². The largest absolute Gasteiger partial charge is 0.338 e. The number of nitrogens with zero attached hydrogens (tertiary/aromatic N) is 2. The summed E-state index contributed by atoms with van der Waals surface area (Å²) in [6, 6.07) is 24.8. The number of amides is 3. The van der Waals surface area contributed by atoms with Gasteiger partial charge in [-0.2, -0.15) is 0 Å². The summed E-state index contributed by atoms with van der Waals surface area (Å²) in [5, 5.41) is 8.31. The highest BCUT2D eigenvalue weighted by atomic mass is 16.2. The van der Waals surface area contributed by atoms with Gasteiger partial charge in [-0.3, -0.25) is 9.36 Å². The van der Waals surface area contributed by atoms with Gasteiger partial charge < -0.3 is 16.0 Å². The summed E-state index contributed by atoms with van der Waals surface area (Å²) in [5.74, 6) is -0.163. The number of aromatic nitrogens is 2. The summed E-state index contributed by atoms with van der Waals surface area (Å²) >= 11 is 0. The first-order chi connectivity index (χ1) is 15.2. The van der Waals surface area contributed by atoms with Crippen LogP contribution in [0.3, 0.4) is 0 Å². The molecule has 7 nitrogen and oxygen atoms in total. The molecule has 156 valence electrons. The molecule has 0 bridgehead atoms. The first kappa shape index (κ1) is 20.2. The maximum atomic E-state index is 12.2. The SMILES string of the molecule is O=C(CCNC(=O)NCc1ccccc1)Nc1ccc(-n2cnc3ccccc32)cc1. The number of hydrogen-bond acceptors (Lipinski definition) is 3. The van der Waals surface area contributed by atoms with Gasteiger partial charge in [-0.15, -0.1) is 0 Å². The van der Waals surface area contributed by atoms with Gasteiger partial charge in [0.05, 0.1) is 11.0 Å². The molecule has 0 fully saturated rings.